The van der Waals surface area contributed by atoms with Crippen LogP contribution in [0.3, 0.4) is 0 Å². The van der Waals surface area contributed by atoms with E-state index in [9.17, 15) is 4.79 Å². The minimum Gasteiger partial charge on any atom is -0.369 e. The van der Waals surface area contributed by atoms with Gasteiger partial charge in [0.2, 0.25) is 0 Å². The summed E-state index contributed by atoms with van der Waals surface area (Å²) >= 11 is 6.07. The number of anilines is 1. The van der Waals surface area contributed by atoms with E-state index in [2.05, 4.69) is 51.8 Å². The molecule has 0 saturated heterocycles. The molecule has 0 saturated carbocycles. The van der Waals surface area contributed by atoms with Crippen LogP contribution in [-0.2, 0) is 6.54 Å². The molecule has 0 radical (unpaired) electrons. The Hall–Kier alpha value is -3.62. The summed E-state index contributed by atoms with van der Waals surface area (Å²) in [4.78, 5) is 18.1. The molecule has 1 amide bonds. The number of hydrazone groups is 1. The minimum absolute atomic E-state index is 0.146. The Kier molecular flexibility index (Phi) is 7.30. The number of hydrogen-bond donors (Lipinski definition) is 4. The highest BCUT2D eigenvalue weighted by Gasteiger charge is 2.37. The van der Waals surface area contributed by atoms with E-state index in [1.54, 1.807) is 5.12 Å². The number of nitrogens with zero attached hydrogens (tertiary/aromatic N) is 3. The molecule has 0 bridgehead atoms. The Morgan fingerprint density at radius 3 is 2.84 bits per heavy atom. The smallest absolute Gasteiger partial charge is 0.251 e. The third-order valence-electron chi connectivity index (χ3n) is 6.85. The number of amidine groups is 1. The van der Waals surface area contributed by atoms with Gasteiger partial charge in [-0.2, -0.15) is 0 Å². The molecule has 2 aromatic carbocycles. The van der Waals surface area contributed by atoms with E-state index in [4.69, 9.17) is 16.6 Å². The summed E-state index contributed by atoms with van der Waals surface area (Å²) < 4.78 is 0. The highest BCUT2D eigenvalue weighted by Crippen LogP contribution is 2.40. The van der Waals surface area contributed by atoms with Crippen molar-refractivity contribution in [3.63, 3.8) is 0 Å². The van der Waals surface area contributed by atoms with E-state index >= 15 is 0 Å². The maximum absolute atomic E-state index is 12.9. The molecule has 4 N–H and O–H groups in total. The number of amides is 1. The maximum atomic E-state index is 12.9. The molecule has 1 aliphatic carbocycles. The summed E-state index contributed by atoms with van der Waals surface area (Å²) in [6.07, 6.45) is 11.3. The lowest BCUT2D eigenvalue weighted by atomic mass is 9.80. The lowest BCUT2D eigenvalue weighted by Gasteiger charge is -2.39. The van der Waals surface area contributed by atoms with Crippen LogP contribution in [0.1, 0.15) is 54.9 Å². The second-order valence-corrected chi connectivity index (χ2v) is 10.1. The van der Waals surface area contributed by atoms with Crippen molar-refractivity contribution in [1.29, 1.82) is 0 Å². The quantitative estimate of drug-likeness (QED) is 0.384. The van der Waals surface area contributed by atoms with Crippen molar-refractivity contribution < 1.29 is 4.79 Å². The standard InChI is InChI=1S/C28H32ClN7O/c1-28(21-9-4-3-5-10-21)25(12-7-13-26-33-35-36(2)34-26)31-24-17-20(14-15-23(24)32-28)27(37)30-18-19-8-6-11-22(29)16-19/h4,6,8-11,14-17,32,35H,3,5,7,12-13,18H2,1-2H3,(H,30,37)(H,33,34). The molecule has 8 nitrogen and oxygen atoms in total. The fourth-order valence-electron chi connectivity index (χ4n) is 4.84. The number of rotatable bonds is 8. The van der Waals surface area contributed by atoms with Gasteiger partial charge in [-0.3, -0.25) is 15.2 Å². The molecule has 2 aliphatic heterocycles. The van der Waals surface area contributed by atoms with Crippen molar-refractivity contribution in [1.82, 2.24) is 21.4 Å². The fraction of sp³-hybridized carbons (Fsp3) is 0.321. The van der Waals surface area contributed by atoms with Crippen LogP contribution in [0.4, 0.5) is 11.4 Å². The Labute approximate surface area is 222 Å². The van der Waals surface area contributed by atoms with Gasteiger partial charge in [0.15, 0.2) is 0 Å². The summed E-state index contributed by atoms with van der Waals surface area (Å²) in [5, 5.41) is 13.4. The third-order valence-corrected chi connectivity index (χ3v) is 7.09. The monoisotopic (exact) mass is 517 g/mol. The normalized spacial score (nSPS) is 20.6. The van der Waals surface area contributed by atoms with Crippen molar-refractivity contribution in [3.05, 3.63) is 82.4 Å². The molecule has 0 fully saturated rings. The number of fused-ring (bicyclic) bond motifs is 1. The zero-order valence-electron chi connectivity index (χ0n) is 21.1. The van der Waals surface area contributed by atoms with Crippen LogP contribution in [0.5, 0.6) is 0 Å². The molecule has 0 spiro atoms. The van der Waals surface area contributed by atoms with E-state index in [1.807, 2.05) is 49.5 Å². The number of halogens is 1. The molecule has 192 valence electrons. The summed E-state index contributed by atoms with van der Waals surface area (Å²) in [6.45, 7) is 2.60. The van der Waals surface area contributed by atoms with Crippen LogP contribution in [0.2, 0.25) is 5.02 Å². The van der Waals surface area contributed by atoms with Crippen molar-refractivity contribution in [2.24, 2.45) is 10.1 Å². The van der Waals surface area contributed by atoms with Crippen LogP contribution in [0.25, 0.3) is 0 Å². The molecule has 37 heavy (non-hydrogen) atoms. The number of benzene rings is 2. The van der Waals surface area contributed by atoms with Crippen molar-refractivity contribution in [2.75, 3.05) is 12.4 Å². The maximum Gasteiger partial charge on any atom is 0.251 e. The topological polar surface area (TPSA) is 93.1 Å². The van der Waals surface area contributed by atoms with Crippen LogP contribution in [-0.4, -0.2) is 35.2 Å². The molecular formula is C28H32ClN7O. The third kappa shape index (κ3) is 5.70. The Morgan fingerprint density at radius 2 is 2.08 bits per heavy atom. The second-order valence-electron chi connectivity index (χ2n) is 9.68. The van der Waals surface area contributed by atoms with E-state index in [-0.39, 0.29) is 5.91 Å². The molecule has 5 rings (SSSR count). The van der Waals surface area contributed by atoms with E-state index in [1.165, 1.54) is 5.57 Å². The van der Waals surface area contributed by atoms with E-state index in [0.29, 0.717) is 17.1 Å². The number of carbonyl (C=O) groups is 1. The Morgan fingerprint density at radius 1 is 1.19 bits per heavy atom. The predicted octanol–water partition coefficient (Wildman–Crippen LogP) is 5.24. The van der Waals surface area contributed by atoms with Crippen LogP contribution < -0.4 is 21.6 Å². The number of hydrazine groups is 2. The average Bonchev–Trinajstić information content (AvgIpc) is 3.32. The van der Waals surface area contributed by atoms with Crippen molar-refractivity contribution in [2.45, 2.75) is 51.1 Å². The summed E-state index contributed by atoms with van der Waals surface area (Å²) in [5.41, 5.74) is 11.2. The molecule has 2 aromatic rings. The van der Waals surface area contributed by atoms with Gasteiger partial charge in [-0.15, -0.1) is 10.2 Å². The van der Waals surface area contributed by atoms with Gasteiger partial charge in [0, 0.05) is 36.3 Å². The highest BCUT2D eigenvalue weighted by atomic mass is 35.5. The number of nitrogens with one attached hydrogen (secondary N) is 4. The van der Waals surface area contributed by atoms with Gasteiger partial charge in [0.1, 0.15) is 5.84 Å². The lowest BCUT2D eigenvalue weighted by Crippen LogP contribution is -2.47. The second kappa shape index (κ2) is 10.8. The van der Waals surface area contributed by atoms with Gasteiger partial charge in [-0.1, -0.05) is 42.0 Å². The van der Waals surface area contributed by atoms with Crippen molar-refractivity contribution in [3.8, 4) is 0 Å². The van der Waals surface area contributed by atoms with Gasteiger partial charge >= 0.3 is 0 Å². The van der Waals surface area contributed by atoms with Crippen molar-refractivity contribution >= 4 is 40.4 Å². The number of carbonyl (C=O) groups excluding carboxylic acids is 1. The Bertz CT molecular complexity index is 1320. The minimum atomic E-state index is -0.416. The fourth-order valence-corrected chi connectivity index (χ4v) is 5.06. The first-order valence-electron chi connectivity index (χ1n) is 12.6. The van der Waals surface area contributed by atoms with Gasteiger partial charge in [0.05, 0.1) is 16.9 Å². The SMILES string of the molecule is CN1NN=C(CCCC2=Nc3cc(C(=O)NCc4cccc(Cl)c4)ccc3NC2(C)C2=CCCC=C2)N1. The summed E-state index contributed by atoms with van der Waals surface area (Å²) in [6, 6.07) is 13.1. The number of aliphatic imine (C=N–C) groups is 1. The van der Waals surface area contributed by atoms with Crippen LogP contribution in [0.15, 0.2) is 76.4 Å². The molecular weight excluding hydrogens is 486 g/mol. The van der Waals surface area contributed by atoms with Crippen LogP contribution >= 0.6 is 11.6 Å². The summed E-state index contributed by atoms with van der Waals surface area (Å²) in [5.74, 6) is 0.761. The van der Waals surface area contributed by atoms with Gasteiger partial charge in [-0.05, 0) is 74.1 Å². The molecule has 1 unspecified atom stereocenters. The zero-order valence-corrected chi connectivity index (χ0v) is 21.9. The predicted molar refractivity (Wildman–Crippen MR) is 150 cm³/mol. The average molecular weight is 518 g/mol. The molecule has 3 aliphatic rings. The molecule has 1 atom stereocenters. The lowest BCUT2D eigenvalue weighted by molar-refractivity contribution is 0.0951. The first-order chi connectivity index (χ1) is 17.9. The van der Waals surface area contributed by atoms with Crippen LogP contribution in [0, 0.1) is 0 Å². The van der Waals surface area contributed by atoms with E-state index in [0.717, 1.165) is 60.6 Å². The molecule has 0 aromatic heterocycles. The van der Waals surface area contributed by atoms with Gasteiger partial charge in [0.25, 0.3) is 5.91 Å². The molecule has 9 heteroatoms. The number of hydrogen-bond acceptors (Lipinski definition) is 7. The van der Waals surface area contributed by atoms with E-state index < -0.39 is 5.54 Å². The number of allylic oxidation sites excluding steroid dienone is 2. The largest absolute Gasteiger partial charge is 0.369 e. The first kappa shape index (κ1) is 25.0. The van der Waals surface area contributed by atoms with Gasteiger partial charge < -0.3 is 10.6 Å². The highest BCUT2D eigenvalue weighted by molar-refractivity contribution is 6.30. The first-order valence-corrected chi connectivity index (χ1v) is 13.0. The Balaban J connectivity index is 1.35. The summed E-state index contributed by atoms with van der Waals surface area (Å²) in [7, 11) is 1.88. The zero-order chi connectivity index (χ0) is 25.8. The molecule has 2 heterocycles. The van der Waals surface area contributed by atoms with Gasteiger partial charge in [-0.25, -0.2) is 5.53 Å².